The van der Waals surface area contributed by atoms with Crippen molar-refractivity contribution < 1.29 is 13.9 Å². The summed E-state index contributed by atoms with van der Waals surface area (Å²) in [5.74, 6) is 0.344. The van der Waals surface area contributed by atoms with Crippen LogP contribution in [-0.2, 0) is 10.2 Å². The molecule has 1 aliphatic rings. The standard InChI is InChI=1S/C23H18FN3O2/c1-15-13-19(29-21-16(14-25)3-2-12-26-21)8-9-20(15)27-22(28)23(10-11-23)17-4-6-18(24)7-5-17/h2-9,12-13H,10-11H2,1H3,(H,27,28). The van der Waals surface area contributed by atoms with E-state index in [0.717, 1.165) is 24.0 Å². The third kappa shape index (κ3) is 3.67. The van der Waals surface area contributed by atoms with Crippen LogP contribution in [0, 0.1) is 24.1 Å². The number of carbonyl (C=O) groups is 1. The van der Waals surface area contributed by atoms with Crippen molar-refractivity contribution in [1.29, 1.82) is 5.26 Å². The van der Waals surface area contributed by atoms with Gasteiger partial charge < -0.3 is 10.1 Å². The quantitative estimate of drug-likeness (QED) is 0.678. The zero-order valence-electron chi connectivity index (χ0n) is 15.8. The van der Waals surface area contributed by atoms with Gasteiger partial charge in [-0.15, -0.1) is 0 Å². The van der Waals surface area contributed by atoms with E-state index in [1.807, 2.05) is 13.0 Å². The van der Waals surface area contributed by atoms with Crippen LogP contribution in [0.4, 0.5) is 10.1 Å². The summed E-state index contributed by atoms with van der Waals surface area (Å²) in [5, 5.41) is 12.1. The molecule has 1 heterocycles. The van der Waals surface area contributed by atoms with Crippen LogP contribution in [0.25, 0.3) is 0 Å². The normalized spacial score (nSPS) is 14.0. The molecule has 0 bridgehead atoms. The Balaban J connectivity index is 1.51. The second kappa shape index (κ2) is 7.36. The van der Waals surface area contributed by atoms with Crippen LogP contribution in [0.1, 0.15) is 29.5 Å². The van der Waals surface area contributed by atoms with Crippen LogP contribution in [0.2, 0.25) is 0 Å². The molecule has 5 nitrogen and oxygen atoms in total. The van der Waals surface area contributed by atoms with Gasteiger partial charge in [0.2, 0.25) is 11.8 Å². The highest BCUT2D eigenvalue weighted by atomic mass is 19.1. The van der Waals surface area contributed by atoms with E-state index in [9.17, 15) is 9.18 Å². The maximum Gasteiger partial charge on any atom is 0.237 e. The molecule has 2 aromatic carbocycles. The minimum atomic E-state index is -0.592. The first-order valence-corrected chi connectivity index (χ1v) is 9.23. The largest absolute Gasteiger partial charge is 0.438 e. The number of benzene rings is 2. The lowest BCUT2D eigenvalue weighted by Crippen LogP contribution is -2.28. The van der Waals surface area contributed by atoms with Gasteiger partial charge in [-0.1, -0.05) is 12.1 Å². The molecule has 0 saturated heterocycles. The fourth-order valence-electron chi connectivity index (χ4n) is 3.29. The highest BCUT2D eigenvalue weighted by molar-refractivity contribution is 6.01. The summed E-state index contributed by atoms with van der Waals surface area (Å²) in [6, 6.07) is 16.7. The Labute approximate surface area is 167 Å². The second-order valence-electron chi connectivity index (χ2n) is 7.09. The third-order valence-electron chi connectivity index (χ3n) is 5.13. The maximum absolute atomic E-state index is 13.2. The van der Waals surface area contributed by atoms with Gasteiger partial charge in [0.05, 0.1) is 5.41 Å². The topological polar surface area (TPSA) is 75.0 Å². The number of halogens is 1. The summed E-state index contributed by atoms with van der Waals surface area (Å²) in [5.41, 5.74) is 2.08. The summed E-state index contributed by atoms with van der Waals surface area (Å²) < 4.78 is 18.9. The number of pyridine rings is 1. The van der Waals surface area contributed by atoms with Crippen LogP contribution >= 0.6 is 0 Å². The summed E-state index contributed by atoms with van der Waals surface area (Å²) in [7, 11) is 0. The van der Waals surface area contributed by atoms with Crippen molar-refractivity contribution in [3.63, 3.8) is 0 Å². The van der Waals surface area contributed by atoms with Crippen LogP contribution in [0.3, 0.4) is 0 Å². The Morgan fingerprint density at radius 2 is 1.97 bits per heavy atom. The summed E-state index contributed by atoms with van der Waals surface area (Å²) in [4.78, 5) is 17.0. The van der Waals surface area contributed by atoms with Crippen molar-refractivity contribution in [1.82, 2.24) is 4.98 Å². The van der Waals surface area contributed by atoms with Gasteiger partial charge in [0.15, 0.2) is 0 Å². The van der Waals surface area contributed by atoms with E-state index in [-0.39, 0.29) is 17.6 Å². The van der Waals surface area contributed by atoms with Gasteiger partial charge in [-0.3, -0.25) is 4.79 Å². The predicted octanol–water partition coefficient (Wildman–Crippen LogP) is 4.86. The molecule has 3 aromatic rings. The molecule has 1 amide bonds. The molecule has 0 aliphatic heterocycles. The van der Waals surface area contributed by atoms with Crippen LogP contribution in [0.15, 0.2) is 60.8 Å². The Hall–Kier alpha value is -3.72. The van der Waals surface area contributed by atoms with E-state index in [0.29, 0.717) is 17.0 Å². The number of carbonyl (C=O) groups excluding carboxylic acids is 1. The maximum atomic E-state index is 13.2. The number of rotatable bonds is 5. The van der Waals surface area contributed by atoms with Crippen LogP contribution < -0.4 is 10.1 Å². The van der Waals surface area contributed by atoms with Gasteiger partial charge >= 0.3 is 0 Å². The first kappa shape index (κ1) is 18.6. The first-order chi connectivity index (χ1) is 14.0. The zero-order chi connectivity index (χ0) is 20.4. The molecule has 0 atom stereocenters. The number of ether oxygens (including phenoxy) is 1. The molecule has 29 heavy (non-hydrogen) atoms. The summed E-state index contributed by atoms with van der Waals surface area (Å²) in [6.45, 7) is 1.86. The number of hydrogen-bond acceptors (Lipinski definition) is 4. The molecule has 144 valence electrons. The molecule has 4 rings (SSSR count). The third-order valence-corrected chi connectivity index (χ3v) is 5.13. The van der Waals surface area contributed by atoms with Gasteiger partial charge in [0.25, 0.3) is 0 Å². The number of anilines is 1. The van der Waals surface area contributed by atoms with E-state index in [2.05, 4.69) is 10.3 Å². The molecule has 6 heteroatoms. The van der Waals surface area contributed by atoms with Gasteiger partial charge in [0.1, 0.15) is 23.2 Å². The summed E-state index contributed by atoms with van der Waals surface area (Å²) in [6.07, 6.45) is 3.03. The van der Waals surface area contributed by atoms with Crippen LogP contribution in [0.5, 0.6) is 11.6 Å². The summed E-state index contributed by atoms with van der Waals surface area (Å²) >= 11 is 0. The lowest BCUT2D eigenvalue weighted by atomic mass is 9.94. The van der Waals surface area contributed by atoms with Crippen molar-refractivity contribution in [3.8, 4) is 17.7 Å². The second-order valence-corrected chi connectivity index (χ2v) is 7.09. The monoisotopic (exact) mass is 387 g/mol. The molecule has 0 unspecified atom stereocenters. The number of aryl methyl sites for hydroxylation is 1. The van der Waals surface area contributed by atoms with Gasteiger partial charge in [0, 0.05) is 11.9 Å². The molecule has 1 N–H and O–H groups in total. The molecular formula is C23H18FN3O2. The van der Waals surface area contributed by atoms with Crippen molar-refractivity contribution in [2.45, 2.75) is 25.2 Å². The number of hydrogen-bond donors (Lipinski definition) is 1. The van der Waals surface area contributed by atoms with Crippen molar-refractivity contribution >= 4 is 11.6 Å². The Bertz CT molecular complexity index is 1120. The average Bonchev–Trinajstić information content (AvgIpc) is 3.53. The van der Waals surface area contributed by atoms with Crippen LogP contribution in [-0.4, -0.2) is 10.9 Å². The van der Waals surface area contributed by atoms with E-state index < -0.39 is 5.41 Å². The molecule has 1 aliphatic carbocycles. The highest BCUT2D eigenvalue weighted by Gasteiger charge is 2.51. The fourth-order valence-corrected chi connectivity index (χ4v) is 3.29. The SMILES string of the molecule is Cc1cc(Oc2ncccc2C#N)ccc1NC(=O)C1(c2ccc(F)cc2)CC1. The molecule has 1 fully saturated rings. The smallest absolute Gasteiger partial charge is 0.237 e. The number of aromatic nitrogens is 1. The molecule has 1 saturated carbocycles. The Kier molecular flexibility index (Phi) is 4.73. The molecular weight excluding hydrogens is 369 g/mol. The van der Waals surface area contributed by atoms with Gasteiger partial charge in [-0.2, -0.15) is 5.26 Å². The highest BCUT2D eigenvalue weighted by Crippen LogP contribution is 2.49. The van der Waals surface area contributed by atoms with Crippen molar-refractivity contribution in [2.75, 3.05) is 5.32 Å². The minimum absolute atomic E-state index is 0.0997. The molecule has 0 radical (unpaired) electrons. The van der Waals surface area contributed by atoms with E-state index in [1.165, 1.54) is 12.1 Å². The van der Waals surface area contributed by atoms with E-state index >= 15 is 0 Å². The number of amides is 1. The number of nitriles is 1. The van der Waals surface area contributed by atoms with Crippen molar-refractivity contribution in [2.24, 2.45) is 0 Å². The van der Waals surface area contributed by atoms with Crippen molar-refractivity contribution in [3.05, 3.63) is 83.3 Å². The number of nitrogens with zero attached hydrogens (tertiary/aromatic N) is 2. The fraction of sp³-hybridized carbons (Fsp3) is 0.174. The predicted molar refractivity (Wildman–Crippen MR) is 106 cm³/mol. The lowest BCUT2D eigenvalue weighted by Gasteiger charge is -2.17. The average molecular weight is 387 g/mol. The number of nitrogens with one attached hydrogen (secondary N) is 1. The zero-order valence-corrected chi connectivity index (χ0v) is 15.8. The Morgan fingerprint density at radius 1 is 1.21 bits per heavy atom. The molecule has 0 spiro atoms. The van der Waals surface area contributed by atoms with E-state index in [1.54, 1.807) is 48.7 Å². The minimum Gasteiger partial charge on any atom is -0.438 e. The van der Waals surface area contributed by atoms with Gasteiger partial charge in [-0.05, 0) is 73.4 Å². The van der Waals surface area contributed by atoms with Gasteiger partial charge in [-0.25, -0.2) is 9.37 Å². The molecule has 1 aromatic heterocycles. The lowest BCUT2D eigenvalue weighted by molar-refractivity contribution is -0.118. The van der Waals surface area contributed by atoms with E-state index in [4.69, 9.17) is 10.00 Å². The first-order valence-electron chi connectivity index (χ1n) is 9.23. The Morgan fingerprint density at radius 3 is 2.62 bits per heavy atom.